The van der Waals surface area contributed by atoms with Crippen molar-refractivity contribution in [2.24, 2.45) is 0 Å². The number of nitrogens with zero attached hydrogens (tertiary/aromatic N) is 1. The third-order valence-electron chi connectivity index (χ3n) is 3.61. The summed E-state index contributed by atoms with van der Waals surface area (Å²) in [6.45, 7) is 7.16. The van der Waals surface area contributed by atoms with E-state index in [9.17, 15) is 0 Å². The summed E-state index contributed by atoms with van der Waals surface area (Å²) in [5.41, 5.74) is 2.28. The van der Waals surface area contributed by atoms with Crippen LogP contribution in [0, 0.1) is 6.92 Å². The summed E-state index contributed by atoms with van der Waals surface area (Å²) in [7, 11) is 0. The fourth-order valence-corrected chi connectivity index (χ4v) is 2.63. The van der Waals surface area contributed by atoms with Gasteiger partial charge >= 0.3 is 0 Å². The summed E-state index contributed by atoms with van der Waals surface area (Å²) < 4.78 is 0. The maximum atomic E-state index is 8.95. The number of aryl methyl sites for hydroxylation is 1. The first-order valence-electron chi connectivity index (χ1n) is 6.76. The molecule has 19 heavy (non-hydrogen) atoms. The van der Waals surface area contributed by atoms with Gasteiger partial charge in [-0.1, -0.05) is 18.2 Å². The van der Waals surface area contributed by atoms with Crippen molar-refractivity contribution in [3.05, 3.63) is 29.8 Å². The molecule has 4 nitrogen and oxygen atoms in total. The predicted octanol–water partition coefficient (Wildman–Crippen LogP) is -0.115. The van der Waals surface area contributed by atoms with Crippen LogP contribution in [0.25, 0.3) is 0 Å². The Labute approximate surface area is 120 Å². The van der Waals surface area contributed by atoms with Gasteiger partial charge in [0.25, 0.3) is 0 Å². The number of para-hydroxylation sites is 1. The molecule has 0 radical (unpaired) electrons. The molecular weight excluding hydrogens is 258 g/mol. The molecule has 1 aromatic rings. The third-order valence-corrected chi connectivity index (χ3v) is 3.97. The van der Waals surface area contributed by atoms with Gasteiger partial charge in [0.1, 0.15) is 6.54 Å². The summed E-state index contributed by atoms with van der Waals surface area (Å²) in [6, 6.07) is 8.17. The van der Waals surface area contributed by atoms with Crippen LogP contribution in [0.15, 0.2) is 24.3 Å². The summed E-state index contributed by atoms with van der Waals surface area (Å²) in [5, 5.41) is 13.1. The quantitative estimate of drug-likeness (QED) is 0.676. The summed E-state index contributed by atoms with van der Waals surface area (Å²) >= 11 is 5.48. The number of quaternary nitrogens is 1. The van der Waals surface area contributed by atoms with Gasteiger partial charge in [-0.2, -0.15) is 0 Å². The topological polar surface area (TPSA) is 39.9 Å². The molecule has 0 atom stereocenters. The normalized spacial score (nSPS) is 16.4. The second-order valence-electron chi connectivity index (χ2n) is 4.96. The van der Waals surface area contributed by atoms with Gasteiger partial charge in [-0.15, -0.1) is 0 Å². The SMILES string of the molecule is Cc1ccccc1NC(=S)N1CC[NH+](CCO)CC1. The van der Waals surface area contributed by atoms with Crippen molar-refractivity contribution in [3.8, 4) is 0 Å². The van der Waals surface area contributed by atoms with Crippen LogP contribution in [0.5, 0.6) is 0 Å². The molecule has 0 amide bonds. The smallest absolute Gasteiger partial charge is 0.173 e. The van der Waals surface area contributed by atoms with Crippen molar-refractivity contribution in [2.75, 3.05) is 44.6 Å². The molecule has 0 saturated carbocycles. The number of piperazine rings is 1. The second-order valence-corrected chi connectivity index (χ2v) is 5.34. The molecule has 0 spiro atoms. The minimum Gasteiger partial charge on any atom is -0.391 e. The molecule has 1 heterocycles. The van der Waals surface area contributed by atoms with Crippen LogP contribution in [0.3, 0.4) is 0 Å². The zero-order chi connectivity index (χ0) is 13.7. The molecule has 1 saturated heterocycles. The number of anilines is 1. The zero-order valence-corrected chi connectivity index (χ0v) is 12.2. The largest absolute Gasteiger partial charge is 0.391 e. The maximum Gasteiger partial charge on any atom is 0.173 e. The number of hydrogen-bond acceptors (Lipinski definition) is 2. The number of thiocarbonyl (C=S) groups is 1. The Morgan fingerprint density at radius 1 is 1.37 bits per heavy atom. The molecule has 0 aliphatic carbocycles. The molecule has 1 aliphatic heterocycles. The third kappa shape index (κ3) is 3.89. The number of aliphatic hydroxyl groups excluding tert-OH is 1. The highest BCUT2D eigenvalue weighted by Gasteiger charge is 2.21. The number of aliphatic hydroxyl groups is 1. The van der Waals surface area contributed by atoms with Crippen molar-refractivity contribution >= 4 is 23.0 Å². The van der Waals surface area contributed by atoms with Gasteiger partial charge < -0.3 is 20.2 Å². The number of benzene rings is 1. The van der Waals surface area contributed by atoms with E-state index in [-0.39, 0.29) is 6.61 Å². The lowest BCUT2D eigenvalue weighted by Crippen LogP contribution is -3.15. The number of nitrogens with one attached hydrogen (secondary N) is 2. The van der Waals surface area contributed by atoms with Gasteiger partial charge in [0.15, 0.2) is 5.11 Å². The molecule has 104 valence electrons. The van der Waals surface area contributed by atoms with Crippen molar-refractivity contribution in [3.63, 3.8) is 0 Å². The molecular formula is C14H22N3OS+. The van der Waals surface area contributed by atoms with Crippen molar-refractivity contribution in [2.45, 2.75) is 6.92 Å². The Bertz CT molecular complexity index is 430. The Morgan fingerprint density at radius 2 is 2.05 bits per heavy atom. The van der Waals surface area contributed by atoms with E-state index in [0.717, 1.165) is 43.5 Å². The van der Waals surface area contributed by atoms with Crippen LogP contribution in [0.4, 0.5) is 5.69 Å². The minimum absolute atomic E-state index is 0.265. The highest BCUT2D eigenvalue weighted by atomic mass is 32.1. The van der Waals surface area contributed by atoms with E-state index in [4.69, 9.17) is 17.3 Å². The van der Waals surface area contributed by atoms with Crippen LogP contribution in [-0.2, 0) is 0 Å². The standard InChI is InChI=1S/C14H21N3OS/c1-12-4-2-3-5-13(12)15-14(19)17-8-6-16(7-9-17)10-11-18/h2-5,18H,6-11H2,1H3,(H,15,19)/p+1. The van der Waals surface area contributed by atoms with Crippen LogP contribution in [0.2, 0.25) is 0 Å². The Kier molecular flexibility index (Phi) is 5.13. The van der Waals surface area contributed by atoms with E-state index in [2.05, 4.69) is 29.3 Å². The lowest BCUT2D eigenvalue weighted by Gasteiger charge is -2.33. The van der Waals surface area contributed by atoms with Gasteiger partial charge in [0.05, 0.1) is 32.8 Å². The number of rotatable bonds is 3. The van der Waals surface area contributed by atoms with Gasteiger partial charge in [-0.25, -0.2) is 0 Å². The maximum absolute atomic E-state index is 8.95. The van der Waals surface area contributed by atoms with E-state index in [0.29, 0.717) is 0 Å². The first-order valence-corrected chi connectivity index (χ1v) is 7.17. The van der Waals surface area contributed by atoms with Gasteiger partial charge in [-0.05, 0) is 30.8 Å². The van der Waals surface area contributed by atoms with E-state index >= 15 is 0 Å². The fraction of sp³-hybridized carbons (Fsp3) is 0.500. The van der Waals surface area contributed by atoms with Crippen LogP contribution in [-0.4, -0.2) is 54.4 Å². The second kappa shape index (κ2) is 6.84. The highest BCUT2D eigenvalue weighted by molar-refractivity contribution is 7.80. The average molecular weight is 280 g/mol. The molecule has 0 bridgehead atoms. The molecule has 0 unspecified atom stereocenters. The summed E-state index contributed by atoms with van der Waals surface area (Å²) in [5.74, 6) is 0. The van der Waals surface area contributed by atoms with E-state index in [1.54, 1.807) is 0 Å². The summed E-state index contributed by atoms with van der Waals surface area (Å²) in [4.78, 5) is 3.67. The summed E-state index contributed by atoms with van der Waals surface area (Å²) in [6.07, 6.45) is 0. The Balaban J connectivity index is 1.87. The van der Waals surface area contributed by atoms with Crippen LogP contribution >= 0.6 is 12.2 Å². The minimum atomic E-state index is 0.265. The molecule has 1 fully saturated rings. The first kappa shape index (κ1) is 14.2. The molecule has 3 N–H and O–H groups in total. The average Bonchev–Trinajstić information content (AvgIpc) is 2.42. The zero-order valence-electron chi connectivity index (χ0n) is 11.4. The van der Waals surface area contributed by atoms with Crippen LogP contribution < -0.4 is 10.2 Å². The van der Waals surface area contributed by atoms with Crippen LogP contribution in [0.1, 0.15) is 5.56 Å². The molecule has 0 aromatic heterocycles. The Morgan fingerprint density at radius 3 is 2.68 bits per heavy atom. The van der Waals surface area contributed by atoms with Gasteiger partial charge in [-0.3, -0.25) is 0 Å². The lowest BCUT2D eigenvalue weighted by molar-refractivity contribution is -0.904. The van der Waals surface area contributed by atoms with E-state index in [1.165, 1.54) is 10.5 Å². The van der Waals surface area contributed by atoms with E-state index in [1.807, 2.05) is 12.1 Å². The molecule has 1 aromatic carbocycles. The predicted molar refractivity (Wildman–Crippen MR) is 81.6 cm³/mol. The Hall–Kier alpha value is -1.17. The van der Waals surface area contributed by atoms with Crippen molar-refractivity contribution in [1.29, 1.82) is 0 Å². The molecule has 5 heteroatoms. The number of hydrogen-bond donors (Lipinski definition) is 3. The van der Waals surface area contributed by atoms with Crippen molar-refractivity contribution < 1.29 is 10.0 Å². The van der Waals surface area contributed by atoms with Gasteiger partial charge in [0.2, 0.25) is 0 Å². The highest BCUT2D eigenvalue weighted by Crippen LogP contribution is 2.13. The first-order chi connectivity index (χ1) is 9.20. The van der Waals surface area contributed by atoms with Crippen molar-refractivity contribution in [1.82, 2.24) is 4.90 Å². The van der Waals surface area contributed by atoms with Gasteiger partial charge in [0, 0.05) is 5.69 Å². The molecule has 2 rings (SSSR count). The lowest BCUT2D eigenvalue weighted by atomic mass is 10.2. The fourth-order valence-electron chi connectivity index (χ4n) is 2.34. The van der Waals surface area contributed by atoms with E-state index < -0.39 is 0 Å². The monoisotopic (exact) mass is 280 g/mol. The molecule has 1 aliphatic rings.